The van der Waals surface area contributed by atoms with E-state index in [0.717, 1.165) is 57.2 Å². The van der Waals surface area contributed by atoms with Crippen LogP contribution in [0.1, 0.15) is 80.1 Å². The first-order valence-corrected chi connectivity index (χ1v) is 16.5. The van der Waals surface area contributed by atoms with Crippen LogP contribution in [0.5, 0.6) is 0 Å². The normalized spacial score (nSPS) is 26.2. The lowest BCUT2D eigenvalue weighted by molar-refractivity contribution is -0.192. The van der Waals surface area contributed by atoms with Crippen molar-refractivity contribution in [2.45, 2.75) is 82.5 Å². The summed E-state index contributed by atoms with van der Waals surface area (Å²) in [5, 5.41) is 7.12. The number of fused-ring (bicyclic) bond motifs is 2. The predicted octanol–water partition coefficient (Wildman–Crippen LogP) is 3.83. The van der Waals surface area contributed by atoms with Gasteiger partial charge in [-0.1, -0.05) is 31.9 Å². The SMILES string of the molecule is CC1CCC(CN(CCN2C3CCC2CC(c2cccc(C(N)=O)c2)C3)C(=O)CS(C)(=O)=O)CC1.O=C(O)C(F)(F)F. The summed E-state index contributed by atoms with van der Waals surface area (Å²) in [6.45, 7) is 4.34. The molecule has 3 N–H and O–H groups in total. The number of amides is 2. The first kappa shape index (κ1) is 33.8. The van der Waals surface area contributed by atoms with Gasteiger partial charge in [-0.2, -0.15) is 13.2 Å². The Bertz CT molecular complexity index is 1200. The van der Waals surface area contributed by atoms with Crippen LogP contribution in [0, 0.1) is 11.8 Å². The van der Waals surface area contributed by atoms with Gasteiger partial charge in [-0.25, -0.2) is 13.2 Å². The number of piperidine rings is 1. The third-order valence-electron chi connectivity index (χ3n) is 8.75. The first-order valence-electron chi connectivity index (χ1n) is 14.4. The molecule has 1 saturated carbocycles. The molecule has 0 radical (unpaired) electrons. The number of sulfone groups is 1. The molecule has 2 amide bonds. The fraction of sp³-hybridized carbons (Fsp3) is 0.690. The molecule has 2 heterocycles. The van der Waals surface area contributed by atoms with Crippen molar-refractivity contribution in [3.8, 4) is 0 Å². The van der Waals surface area contributed by atoms with E-state index in [1.54, 1.807) is 6.07 Å². The Morgan fingerprint density at radius 3 is 2.12 bits per heavy atom. The van der Waals surface area contributed by atoms with E-state index < -0.39 is 33.6 Å². The molecular weight excluding hydrogens is 575 g/mol. The highest BCUT2D eigenvalue weighted by Gasteiger charge is 2.41. The van der Waals surface area contributed by atoms with Crippen LogP contribution >= 0.6 is 0 Å². The van der Waals surface area contributed by atoms with Crippen LogP contribution in [0.25, 0.3) is 0 Å². The Kier molecular flexibility index (Phi) is 11.4. The minimum Gasteiger partial charge on any atom is -0.475 e. The number of aliphatic carboxylic acids is 1. The maximum atomic E-state index is 13.0. The Morgan fingerprint density at radius 2 is 1.62 bits per heavy atom. The summed E-state index contributed by atoms with van der Waals surface area (Å²) in [5.41, 5.74) is 7.24. The van der Waals surface area contributed by atoms with E-state index in [2.05, 4.69) is 17.9 Å². The van der Waals surface area contributed by atoms with E-state index in [1.165, 1.54) is 18.4 Å². The summed E-state index contributed by atoms with van der Waals surface area (Å²) < 4.78 is 55.4. The molecule has 42 heavy (non-hydrogen) atoms. The Morgan fingerprint density at radius 1 is 1.05 bits per heavy atom. The van der Waals surface area contributed by atoms with Crippen LogP contribution in [-0.4, -0.2) is 91.0 Å². The van der Waals surface area contributed by atoms with Crippen molar-refractivity contribution in [2.75, 3.05) is 31.6 Å². The number of rotatable bonds is 9. The molecule has 2 bridgehead atoms. The number of carboxylic acids is 1. The highest BCUT2D eigenvalue weighted by atomic mass is 32.2. The smallest absolute Gasteiger partial charge is 0.475 e. The average molecular weight is 618 g/mol. The van der Waals surface area contributed by atoms with Crippen LogP contribution in [0.4, 0.5) is 13.2 Å². The zero-order chi connectivity index (χ0) is 31.2. The van der Waals surface area contributed by atoms with E-state index in [9.17, 15) is 31.2 Å². The highest BCUT2D eigenvalue weighted by molar-refractivity contribution is 7.91. The van der Waals surface area contributed by atoms with Gasteiger partial charge in [-0.15, -0.1) is 0 Å². The number of benzene rings is 1. The van der Waals surface area contributed by atoms with Crippen LogP contribution in [0.2, 0.25) is 0 Å². The van der Waals surface area contributed by atoms with Gasteiger partial charge in [0.2, 0.25) is 11.8 Å². The maximum absolute atomic E-state index is 13.0. The molecule has 3 aliphatic rings. The van der Waals surface area contributed by atoms with Gasteiger partial charge in [0, 0.05) is 43.5 Å². The van der Waals surface area contributed by atoms with Crippen molar-refractivity contribution in [3.05, 3.63) is 35.4 Å². The number of alkyl halides is 3. The summed E-state index contributed by atoms with van der Waals surface area (Å²) >= 11 is 0. The van der Waals surface area contributed by atoms with Crippen molar-refractivity contribution < 1.29 is 41.1 Å². The predicted molar refractivity (Wildman–Crippen MR) is 152 cm³/mol. The van der Waals surface area contributed by atoms with Gasteiger partial charge in [0.15, 0.2) is 9.84 Å². The molecule has 2 unspecified atom stereocenters. The first-order chi connectivity index (χ1) is 19.5. The van der Waals surface area contributed by atoms with E-state index in [4.69, 9.17) is 15.6 Å². The van der Waals surface area contributed by atoms with Crippen LogP contribution in [0.15, 0.2) is 24.3 Å². The zero-order valence-corrected chi connectivity index (χ0v) is 25.0. The standard InChI is InChI=1S/C27H41N3O4S.C2HF3O2/c1-19-6-8-20(9-7-19)17-29(26(31)18-35(2,33)34)12-13-30-24-10-11-25(30)16-23(15-24)21-4-3-5-22(14-21)27(28)32;3-2(4,5)1(6)7/h3-5,14,19-20,23-25H,6-13,15-18H2,1-2H3,(H2,28,32);(H,6,7). The lowest BCUT2D eigenvalue weighted by atomic mass is 9.83. The second kappa shape index (κ2) is 14.2. The second-order valence-corrected chi connectivity index (χ2v) is 14.3. The number of hydrogen-bond donors (Lipinski definition) is 2. The molecule has 1 aliphatic carbocycles. The fourth-order valence-corrected chi connectivity index (χ4v) is 7.18. The molecule has 0 spiro atoms. The summed E-state index contributed by atoms with van der Waals surface area (Å²) in [6, 6.07) is 8.64. The lowest BCUT2D eigenvalue weighted by Crippen LogP contribution is -2.48. The molecule has 3 fully saturated rings. The quantitative estimate of drug-likeness (QED) is 0.430. The van der Waals surface area contributed by atoms with Crippen LogP contribution < -0.4 is 5.73 Å². The molecule has 2 atom stereocenters. The van der Waals surface area contributed by atoms with Gasteiger partial charge < -0.3 is 15.7 Å². The number of nitrogens with two attached hydrogens (primary N) is 1. The van der Waals surface area contributed by atoms with Gasteiger partial charge in [-0.05, 0) is 74.0 Å². The van der Waals surface area contributed by atoms with E-state index in [0.29, 0.717) is 42.6 Å². The second-order valence-electron chi connectivity index (χ2n) is 12.1. The van der Waals surface area contributed by atoms with Gasteiger partial charge in [0.25, 0.3) is 0 Å². The van der Waals surface area contributed by atoms with Crippen molar-refractivity contribution in [2.24, 2.45) is 17.6 Å². The minimum atomic E-state index is -5.08. The minimum absolute atomic E-state index is 0.253. The Labute approximate surface area is 245 Å². The molecule has 2 aliphatic heterocycles. The fourth-order valence-electron chi connectivity index (χ4n) is 6.55. The Balaban J connectivity index is 0.000000616. The number of carbonyl (C=O) groups excluding carboxylic acids is 2. The van der Waals surface area contributed by atoms with E-state index in [1.807, 2.05) is 17.0 Å². The average Bonchev–Trinajstić information content (AvgIpc) is 3.12. The molecule has 236 valence electrons. The number of carboxylic acid groups (broad SMARTS) is 1. The number of hydrogen-bond acceptors (Lipinski definition) is 6. The van der Waals surface area contributed by atoms with Gasteiger partial charge in [0.1, 0.15) is 5.75 Å². The summed E-state index contributed by atoms with van der Waals surface area (Å²) in [4.78, 5) is 37.9. The van der Waals surface area contributed by atoms with Crippen molar-refractivity contribution in [3.63, 3.8) is 0 Å². The molecule has 0 aromatic heterocycles. The number of primary amides is 1. The van der Waals surface area contributed by atoms with E-state index >= 15 is 0 Å². The van der Waals surface area contributed by atoms with Gasteiger partial charge in [-0.3, -0.25) is 14.5 Å². The summed E-state index contributed by atoms with van der Waals surface area (Å²) in [6.07, 6.45) is 5.04. The third kappa shape index (κ3) is 9.96. The molecule has 2 saturated heterocycles. The highest BCUT2D eigenvalue weighted by Crippen LogP contribution is 2.43. The Hall–Kier alpha value is -2.67. The summed E-state index contributed by atoms with van der Waals surface area (Å²) in [7, 11) is -3.36. The molecule has 9 nitrogen and oxygen atoms in total. The van der Waals surface area contributed by atoms with Crippen LogP contribution in [0.3, 0.4) is 0 Å². The molecule has 13 heteroatoms. The maximum Gasteiger partial charge on any atom is 0.490 e. The lowest BCUT2D eigenvalue weighted by Gasteiger charge is -2.40. The summed E-state index contributed by atoms with van der Waals surface area (Å²) in [5.74, 6) is -2.18. The molecule has 4 rings (SSSR count). The van der Waals surface area contributed by atoms with Gasteiger partial charge >= 0.3 is 12.1 Å². The largest absolute Gasteiger partial charge is 0.490 e. The van der Waals surface area contributed by atoms with Crippen molar-refractivity contribution in [1.82, 2.24) is 9.80 Å². The third-order valence-corrected chi connectivity index (χ3v) is 9.52. The van der Waals surface area contributed by atoms with Crippen molar-refractivity contribution in [1.29, 1.82) is 0 Å². The molecule has 1 aromatic rings. The monoisotopic (exact) mass is 617 g/mol. The molecular formula is C29H42F3N3O6S. The number of halogens is 3. The topological polar surface area (TPSA) is 138 Å². The zero-order valence-electron chi connectivity index (χ0n) is 24.2. The number of nitrogens with zero attached hydrogens (tertiary/aromatic N) is 2. The number of carbonyl (C=O) groups is 3. The van der Waals surface area contributed by atoms with Gasteiger partial charge in [0.05, 0.1) is 0 Å². The molecule has 1 aromatic carbocycles. The van der Waals surface area contributed by atoms with Crippen LogP contribution in [-0.2, 0) is 19.4 Å². The van der Waals surface area contributed by atoms with E-state index in [-0.39, 0.29) is 5.91 Å². The van der Waals surface area contributed by atoms with Crippen molar-refractivity contribution >= 4 is 27.6 Å².